The van der Waals surface area contributed by atoms with Crippen molar-refractivity contribution in [2.24, 2.45) is 0 Å². The van der Waals surface area contributed by atoms with Crippen LogP contribution in [0.4, 0.5) is 15.8 Å². The lowest BCUT2D eigenvalue weighted by molar-refractivity contribution is 0.101. The van der Waals surface area contributed by atoms with Gasteiger partial charge in [-0.25, -0.2) is 4.39 Å². The zero-order valence-electron chi connectivity index (χ0n) is 10.9. The molecule has 2 rings (SSSR count). The van der Waals surface area contributed by atoms with Crippen LogP contribution >= 0.6 is 0 Å². The van der Waals surface area contributed by atoms with Gasteiger partial charge in [0, 0.05) is 12.7 Å². The van der Waals surface area contributed by atoms with Gasteiger partial charge in [-0.15, -0.1) is 0 Å². The fraction of sp³-hybridized carbons (Fsp3) is 0.143. The maximum atomic E-state index is 13.7. The van der Waals surface area contributed by atoms with Crippen LogP contribution in [0.2, 0.25) is 0 Å². The third-order valence-electron chi connectivity index (χ3n) is 2.84. The number of halogens is 1. The van der Waals surface area contributed by atoms with E-state index in [2.05, 4.69) is 5.32 Å². The highest BCUT2D eigenvalue weighted by Crippen LogP contribution is 2.18. The van der Waals surface area contributed by atoms with E-state index < -0.39 is 11.7 Å². The largest absolute Gasteiger partial charge is 0.397 e. The van der Waals surface area contributed by atoms with Crippen molar-refractivity contribution in [3.05, 3.63) is 47.5 Å². The standard InChI is InChI=1S/C14H13FN4O/c1-2-19-8-10(17)6-13(19)14(20)18-12-4-3-9(7-16)5-11(12)15/h3-6,8H,2,17H2,1H3,(H,18,20). The molecule has 3 N–H and O–H groups in total. The van der Waals surface area contributed by atoms with Crippen LogP contribution in [-0.4, -0.2) is 10.5 Å². The van der Waals surface area contributed by atoms with Crippen LogP contribution in [0.1, 0.15) is 23.0 Å². The number of nitrogens with one attached hydrogen (secondary N) is 1. The van der Waals surface area contributed by atoms with Gasteiger partial charge in [0.25, 0.3) is 5.91 Å². The zero-order chi connectivity index (χ0) is 14.7. The highest BCUT2D eigenvalue weighted by Gasteiger charge is 2.14. The number of aromatic nitrogens is 1. The molecule has 0 fully saturated rings. The summed E-state index contributed by atoms with van der Waals surface area (Å²) in [6.45, 7) is 2.45. The Kier molecular flexibility index (Phi) is 3.71. The molecule has 1 aromatic carbocycles. The van der Waals surface area contributed by atoms with E-state index in [4.69, 9.17) is 11.0 Å². The lowest BCUT2D eigenvalue weighted by Gasteiger charge is -2.08. The van der Waals surface area contributed by atoms with E-state index in [0.717, 1.165) is 6.07 Å². The molecule has 1 amide bonds. The first-order valence-corrected chi connectivity index (χ1v) is 6.01. The minimum absolute atomic E-state index is 0.0245. The Balaban J connectivity index is 2.26. The van der Waals surface area contributed by atoms with Crippen molar-refractivity contribution in [3.63, 3.8) is 0 Å². The molecule has 0 atom stereocenters. The molecule has 1 aromatic heterocycles. The van der Waals surface area contributed by atoms with E-state index in [9.17, 15) is 9.18 Å². The molecule has 0 aliphatic rings. The third-order valence-corrected chi connectivity index (χ3v) is 2.84. The van der Waals surface area contributed by atoms with Gasteiger partial charge in [0.05, 0.1) is 23.0 Å². The summed E-state index contributed by atoms with van der Waals surface area (Å²) < 4.78 is 15.4. The van der Waals surface area contributed by atoms with Crippen molar-refractivity contribution >= 4 is 17.3 Å². The highest BCUT2D eigenvalue weighted by molar-refractivity contribution is 6.03. The molecule has 1 heterocycles. The first kappa shape index (κ1) is 13.6. The minimum Gasteiger partial charge on any atom is -0.397 e. The molecule has 102 valence electrons. The Morgan fingerprint density at radius 3 is 2.85 bits per heavy atom. The second kappa shape index (κ2) is 5.45. The Bertz CT molecular complexity index is 700. The summed E-state index contributed by atoms with van der Waals surface area (Å²) >= 11 is 0. The summed E-state index contributed by atoms with van der Waals surface area (Å²) in [4.78, 5) is 12.1. The number of benzene rings is 1. The van der Waals surface area contributed by atoms with Gasteiger partial charge in [-0.3, -0.25) is 4.79 Å². The Hall–Kier alpha value is -2.81. The molecule has 0 aliphatic heterocycles. The molecule has 5 nitrogen and oxygen atoms in total. The summed E-state index contributed by atoms with van der Waals surface area (Å²) in [6, 6.07) is 7.22. The van der Waals surface area contributed by atoms with Gasteiger partial charge in [-0.2, -0.15) is 5.26 Å². The van der Waals surface area contributed by atoms with Crippen LogP contribution in [0, 0.1) is 17.1 Å². The fourth-order valence-electron chi connectivity index (χ4n) is 1.86. The first-order valence-electron chi connectivity index (χ1n) is 6.01. The van der Waals surface area contributed by atoms with Gasteiger partial charge in [0.1, 0.15) is 11.5 Å². The summed E-state index contributed by atoms with van der Waals surface area (Å²) in [7, 11) is 0. The summed E-state index contributed by atoms with van der Waals surface area (Å²) in [5.74, 6) is -1.10. The number of carbonyl (C=O) groups is 1. The zero-order valence-corrected chi connectivity index (χ0v) is 10.9. The van der Waals surface area contributed by atoms with Crippen molar-refractivity contribution < 1.29 is 9.18 Å². The van der Waals surface area contributed by atoms with Crippen molar-refractivity contribution in [1.29, 1.82) is 5.26 Å². The molecule has 20 heavy (non-hydrogen) atoms. The van der Waals surface area contributed by atoms with Crippen molar-refractivity contribution in [1.82, 2.24) is 4.57 Å². The number of rotatable bonds is 3. The number of nitrogen functional groups attached to an aromatic ring is 1. The van der Waals surface area contributed by atoms with Crippen LogP contribution in [-0.2, 0) is 6.54 Å². The van der Waals surface area contributed by atoms with Gasteiger partial charge >= 0.3 is 0 Å². The summed E-state index contributed by atoms with van der Waals surface area (Å²) in [6.07, 6.45) is 1.64. The second-order valence-corrected chi connectivity index (χ2v) is 4.21. The van der Waals surface area contributed by atoms with E-state index in [-0.39, 0.29) is 11.3 Å². The van der Waals surface area contributed by atoms with Crippen LogP contribution in [0.15, 0.2) is 30.5 Å². The average molecular weight is 272 g/mol. The molecule has 0 unspecified atom stereocenters. The number of nitrogens with zero attached hydrogens (tertiary/aromatic N) is 2. The number of nitrogens with two attached hydrogens (primary N) is 1. The SMILES string of the molecule is CCn1cc(N)cc1C(=O)Nc1ccc(C#N)cc1F. The van der Waals surface area contributed by atoms with Gasteiger partial charge < -0.3 is 15.6 Å². The molecule has 0 aliphatic carbocycles. The molecule has 0 bridgehead atoms. The first-order chi connectivity index (χ1) is 9.55. The van der Waals surface area contributed by atoms with E-state index in [0.29, 0.717) is 17.9 Å². The smallest absolute Gasteiger partial charge is 0.272 e. The number of carbonyl (C=O) groups excluding carboxylic acids is 1. The van der Waals surface area contributed by atoms with Gasteiger partial charge in [-0.05, 0) is 31.2 Å². The molecule has 0 saturated carbocycles. The predicted molar refractivity (Wildman–Crippen MR) is 73.6 cm³/mol. The normalized spacial score (nSPS) is 10.1. The predicted octanol–water partition coefficient (Wildman–Crippen LogP) is 2.35. The molecular formula is C14H13FN4O. The molecular weight excluding hydrogens is 259 g/mol. The summed E-state index contributed by atoms with van der Waals surface area (Å²) in [5.41, 5.74) is 6.69. The molecule has 6 heteroatoms. The van der Waals surface area contributed by atoms with Crippen LogP contribution in [0.3, 0.4) is 0 Å². The van der Waals surface area contributed by atoms with Gasteiger partial charge in [0.15, 0.2) is 0 Å². The number of aryl methyl sites for hydroxylation is 1. The fourth-order valence-corrected chi connectivity index (χ4v) is 1.86. The van der Waals surface area contributed by atoms with Crippen LogP contribution < -0.4 is 11.1 Å². The molecule has 0 spiro atoms. The molecule has 2 aromatic rings. The number of anilines is 2. The third kappa shape index (κ3) is 2.62. The Morgan fingerprint density at radius 2 is 2.25 bits per heavy atom. The second-order valence-electron chi connectivity index (χ2n) is 4.21. The van der Waals surface area contributed by atoms with Crippen molar-refractivity contribution in [3.8, 4) is 6.07 Å². The molecule has 0 radical (unpaired) electrons. The average Bonchev–Trinajstić information content (AvgIpc) is 2.82. The van der Waals surface area contributed by atoms with Crippen molar-refractivity contribution in [2.45, 2.75) is 13.5 Å². The molecule has 0 saturated heterocycles. The maximum absolute atomic E-state index is 13.7. The van der Waals surface area contributed by atoms with Crippen LogP contribution in [0.5, 0.6) is 0 Å². The lowest BCUT2D eigenvalue weighted by Crippen LogP contribution is -2.17. The lowest BCUT2D eigenvalue weighted by atomic mass is 10.2. The Morgan fingerprint density at radius 1 is 1.50 bits per heavy atom. The minimum atomic E-state index is -0.653. The van der Waals surface area contributed by atoms with Crippen molar-refractivity contribution in [2.75, 3.05) is 11.1 Å². The number of hydrogen-bond acceptors (Lipinski definition) is 3. The van der Waals surface area contributed by atoms with E-state index >= 15 is 0 Å². The summed E-state index contributed by atoms with van der Waals surface area (Å²) in [5, 5.41) is 11.1. The number of nitriles is 1. The topological polar surface area (TPSA) is 83.8 Å². The van der Waals surface area contributed by atoms with E-state index in [1.807, 2.05) is 13.0 Å². The van der Waals surface area contributed by atoms with E-state index in [1.54, 1.807) is 10.8 Å². The monoisotopic (exact) mass is 272 g/mol. The van der Waals surface area contributed by atoms with Gasteiger partial charge in [0.2, 0.25) is 0 Å². The number of hydrogen-bond donors (Lipinski definition) is 2. The number of amides is 1. The quantitative estimate of drug-likeness (QED) is 0.899. The highest BCUT2D eigenvalue weighted by atomic mass is 19.1. The van der Waals surface area contributed by atoms with Gasteiger partial charge in [-0.1, -0.05) is 0 Å². The van der Waals surface area contributed by atoms with E-state index in [1.165, 1.54) is 18.2 Å². The van der Waals surface area contributed by atoms with Crippen LogP contribution in [0.25, 0.3) is 0 Å². The Labute approximate surface area is 115 Å². The maximum Gasteiger partial charge on any atom is 0.272 e.